The van der Waals surface area contributed by atoms with Crippen LogP contribution in [0.25, 0.3) is 0 Å². The van der Waals surface area contributed by atoms with Gasteiger partial charge in [-0.15, -0.1) is 18.3 Å². The predicted octanol–water partition coefficient (Wildman–Crippen LogP) is 5.22. The molecule has 1 aliphatic heterocycles. The summed E-state index contributed by atoms with van der Waals surface area (Å²) in [6.07, 6.45) is 5.23. The largest absolute Gasteiger partial charge is 0.416 e. The summed E-state index contributed by atoms with van der Waals surface area (Å²) < 4.78 is 36.3. The molecule has 0 unspecified atom stereocenters. The number of hydrogen-bond acceptors (Lipinski definition) is 5. The van der Waals surface area contributed by atoms with Crippen molar-refractivity contribution < 1.29 is 22.8 Å². The van der Waals surface area contributed by atoms with E-state index in [0.29, 0.717) is 29.8 Å². The molecule has 10 heteroatoms. The molecule has 6 nitrogen and oxygen atoms in total. The number of rotatable bonds is 9. The fraction of sp³-hybridized carbons (Fsp3) is 0.500. The molecule has 0 aromatic heterocycles. The molecule has 1 aromatic carbocycles. The van der Waals surface area contributed by atoms with Crippen molar-refractivity contribution in [2.24, 2.45) is 4.99 Å². The minimum atomic E-state index is -4.22. The Hall–Kier alpha value is -2.75. The predicted molar refractivity (Wildman–Crippen MR) is 142 cm³/mol. The van der Waals surface area contributed by atoms with E-state index in [1.165, 1.54) is 12.1 Å². The zero-order valence-corrected chi connectivity index (χ0v) is 21.8. The second-order valence-electron chi connectivity index (χ2n) is 8.36. The Labute approximate surface area is 216 Å². The van der Waals surface area contributed by atoms with E-state index in [1.807, 2.05) is 13.8 Å². The van der Waals surface area contributed by atoms with Crippen LogP contribution < -0.4 is 16.0 Å². The molecule has 1 atom stereocenters. The van der Waals surface area contributed by atoms with Gasteiger partial charge in [-0.3, -0.25) is 14.6 Å². The van der Waals surface area contributed by atoms with Crippen LogP contribution in [0.2, 0.25) is 0 Å². The van der Waals surface area contributed by atoms with Crippen LogP contribution in [0, 0.1) is 0 Å². The van der Waals surface area contributed by atoms with E-state index >= 15 is 0 Å². The van der Waals surface area contributed by atoms with Crippen molar-refractivity contribution in [3.63, 3.8) is 0 Å². The number of amides is 2. The topological polar surface area (TPSA) is 82.6 Å². The smallest absolute Gasteiger partial charge is 0.354 e. The second-order valence-corrected chi connectivity index (χ2v) is 9.50. The van der Waals surface area contributed by atoms with Gasteiger partial charge in [0.1, 0.15) is 0 Å². The van der Waals surface area contributed by atoms with Gasteiger partial charge in [0.25, 0.3) is 5.91 Å². The summed E-state index contributed by atoms with van der Waals surface area (Å²) >= 11 is 1.54. The third kappa shape index (κ3) is 14.0. The minimum absolute atomic E-state index is 0.0917. The van der Waals surface area contributed by atoms with Crippen molar-refractivity contribution in [3.8, 4) is 0 Å². The van der Waals surface area contributed by atoms with Crippen molar-refractivity contribution in [1.29, 1.82) is 0 Å². The third-order valence-corrected chi connectivity index (χ3v) is 6.30. The zero-order chi connectivity index (χ0) is 26.8. The van der Waals surface area contributed by atoms with Crippen molar-refractivity contribution in [3.05, 3.63) is 58.6 Å². The van der Waals surface area contributed by atoms with Gasteiger partial charge in [-0.05, 0) is 56.4 Å². The molecule has 0 fully saturated rings. The van der Waals surface area contributed by atoms with Gasteiger partial charge in [0.15, 0.2) is 0 Å². The van der Waals surface area contributed by atoms with Crippen molar-refractivity contribution in [1.82, 2.24) is 16.0 Å². The Bertz CT molecular complexity index is 888. The summed E-state index contributed by atoms with van der Waals surface area (Å²) in [6.45, 7) is 8.86. The molecule has 1 aromatic rings. The quantitative estimate of drug-likeness (QED) is 0.305. The summed E-state index contributed by atoms with van der Waals surface area (Å²) in [4.78, 5) is 27.9. The monoisotopic (exact) mass is 526 g/mol. The first-order chi connectivity index (χ1) is 17.2. The molecular formula is C26H37F3N4O2S. The summed E-state index contributed by atoms with van der Waals surface area (Å²) in [5.41, 5.74) is 1.20. The Morgan fingerprint density at radius 2 is 2.08 bits per heavy atom. The number of nitrogens with zero attached hydrogens (tertiary/aromatic N) is 1. The number of carbonyl (C=O) groups is 2. The van der Waals surface area contributed by atoms with Gasteiger partial charge in [0.05, 0.1) is 16.8 Å². The molecule has 0 spiro atoms. The van der Waals surface area contributed by atoms with Gasteiger partial charge < -0.3 is 16.0 Å². The molecule has 0 saturated carbocycles. The third-order valence-electron chi connectivity index (χ3n) is 5.19. The molecule has 36 heavy (non-hydrogen) atoms. The van der Waals surface area contributed by atoms with Gasteiger partial charge in [-0.2, -0.15) is 13.2 Å². The fourth-order valence-electron chi connectivity index (χ4n) is 3.10. The lowest BCUT2D eigenvalue weighted by Crippen LogP contribution is -2.40. The number of thioether (sulfide) groups is 1. The average molecular weight is 527 g/mol. The van der Waals surface area contributed by atoms with Crippen LogP contribution in [0.15, 0.2) is 52.5 Å². The zero-order valence-electron chi connectivity index (χ0n) is 21.0. The first-order valence-electron chi connectivity index (χ1n) is 12.0. The lowest BCUT2D eigenvalue weighted by Gasteiger charge is -2.17. The number of alkyl halides is 3. The minimum Gasteiger partial charge on any atom is -0.354 e. The highest BCUT2D eigenvalue weighted by Gasteiger charge is 2.30. The number of nitrogens with one attached hydrogen (secondary N) is 3. The first kappa shape index (κ1) is 31.3. The fourth-order valence-corrected chi connectivity index (χ4v) is 4.02. The van der Waals surface area contributed by atoms with E-state index in [9.17, 15) is 22.8 Å². The lowest BCUT2D eigenvalue weighted by atomic mass is 10.1. The Kier molecular flexibility index (Phi) is 15.3. The van der Waals surface area contributed by atoms with Crippen LogP contribution in [0.3, 0.4) is 0 Å². The Morgan fingerprint density at radius 1 is 1.31 bits per heavy atom. The van der Waals surface area contributed by atoms with E-state index in [-0.39, 0.29) is 11.9 Å². The van der Waals surface area contributed by atoms with Crippen LogP contribution in [-0.4, -0.2) is 43.5 Å². The van der Waals surface area contributed by atoms with Gasteiger partial charge in [0, 0.05) is 25.3 Å². The molecule has 2 rings (SSSR count). The van der Waals surface area contributed by atoms with E-state index in [4.69, 9.17) is 0 Å². The number of aliphatic imine (C=N–C) groups is 1. The van der Waals surface area contributed by atoms with Crippen LogP contribution >= 0.6 is 11.8 Å². The molecule has 1 heterocycles. The highest BCUT2D eigenvalue weighted by Crippen LogP contribution is 2.29. The summed E-state index contributed by atoms with van der Waals surface area (Å²) in [6, 6.07) is 5.29. The normalized spacial score (nSPS) is 16.5. The van der Waals surface area contributed by atoms with E-state index in [1.54, 1.807) is 30.4 Å². The van der Waals surface area contributed by atoms with Crippen LogP contribution in [-0.2, 0) is 22.2 Å². The second kappa shape index (κ2) is 17.6. The van der Waals surface area contributed by atoms with E-state index < -0.39 is 11.7 Å². The molecule has 2 amide bonds. The van der Waals surface area contributed by atoms with Gasteiger partial charge >= 0.3 is 6.18 Å². The molecule has 0 radical (unpaired) electrons. The Balaban J connectivity index is 0.000000450. The number of hydrogen-bond donors (Lipinski definition) is 3. The maximum Gasteiger partial charge on any atom is 0.416 e. The number of halogens is 3. The molecule has 1 aliphatic rings. The number of allylic oxidation sites excluding steroid dienone is 1. The maximum atomic E-state index is 12.4. The molecular weight excluding hydrogens is 489 g/mol. The van der Waals surface area contributed by atoms with Crippen molar-refractivity contribution in [2.45, 2.75) is 64.6 Å². The van der Waals surface area contributed by atoms with Crippen LogP contribution in [0.5, 0.6) is 0 Å². The Morgan fingerprint density at radius 3 is 2.75 bits per heavy atom. The summed E-state index contributed by atoms with van der Waals surface area (Å²) in [5.74, 6) is 0.778. The summed E-state index contributed by atoms with van der Waals surface area (Å²) in [7, 11) is 0. The van der Waals surface area contributed by atoms with Crippen LogP contribution in [0.1, 0.15) is 57.1 Å². The average Bonchev–Trinajstić information content (AvgIpc) is 2.91. The van der Waals surface area contributed by atoms with Crippen molar-refractivity contribution >= 4 is 30.4 Å². The molecule has 0 aliphatic carbocycles. The first-order valence-corrected chi connectivity index (χ1v) is 13.0. The lowest BCUT2D eigenvalue weighted by molar-refractivity contribution is -0.137. The van der Waals surface area contributed by atoms with E-state index in [2.05, 4.69) is 27.5 Å². The SMILES string of the molecule is C=C(C)CC[C@@H](CNC(=O)/C1=C/NC=NCCCCCS1)NC=O.CCc1cccc(C(F)(F)F)c1. The highest BCUT2D eigenvalue weighted by atomic mass is 32.2. The van der Waals surface area contributed by atoms with Crippen molar-refractivity contribution in [2.75, 3.05) is 18.8 Å². The van der Waals surface area contributed by atoms with Crippen LogP contribution in [0.4, 0.5) is 13.2 Å². The van der Waals surface area contributed by atoms with Gasteiger partial charge in [-0.1, -0.05) is 37.1 Å². The summed E-state index contributed by atoms with van der Waals surface area (Å²) in [5, 5.41) is 8.59. The number of benzene rings is 1. The van der Waals surface area contributed by atoms with Gasteiger partial charge in [-0.25, -0.2) is 0 Å². The molecule has 3 N–H and O–H groups in total. The number of carbonyl (C=O) groups excluding carboxylic acids is 2. The van der Waals surface area contributed by atoms with E-state index in [0.717, 1.165) is 56.0 Å². The highest BCUT2D eigenvalue weighted by molar-refractivity contribution is 8.03. The molecule has 0 bridgehead atoms. The van der Waals surface area contributed by atoms with Gasteiger partial charge in [0.2, 0.25) is 6.41 Å². The number of aryl methyl sites for hydroxylation is 1. The maximum absolute atomic E-state index is 12.4. The molecule has 200 valence electrons. The standard InChI is InChI=1S/C17H28N4O2S.C9H9F3/c1-14(2)6-7-15(21-13-22)10-20-17(23)16-11-19-12-18-8-4-3-5-9-24-16;1-2-7-4-3-5-8(6-7)9(10,11)12/h11-13,15H,1,3-10H2,2H3,(H,18,19)(H,20,23)(H,21,22);3-6H,2H2,1H3/b16-11-;/t15-;/m0./s1. The molecule has 0 saturated heterocycles.